The zero-order valence-corrected chi connectivity index (χ0v) is 18.2. The predicted molar refractivity (Wildman–Crippen MR) is 121 cm³/mol. The molecule has 0 bridgehead atoms. The van der Waals surface area contributed by atoms with Crippen LogP contribution in [0.3, 0.4) is 0 Å². The number of aromatic amines is 1. The van der Waals surface area contributed by atoms with Gasteiger partial charge in [0.1, 0.15) is 6.54 Å². The van der Waals surface area contributed by atoms with E-state index in [0.29, 0.717) is 35.3 Å². The van der Waals surface area contributed by atoms with E-state index in [9.17, 15) is 9.59 Å². The fourth-order valence-corrected chi connectivity index (χ4v) is 3.69. The number of piperazine rings is 1. The van der Waals surface area contributed by atoms with Crippen molar-refractivity contribution in [3.8, 4) is 11.4 Å². The number of carbonyl (C=O) groups is 2. The summed E-state index contributed by atoms with van der Waals surface area (Å²) in [6.45, 7) is 2.22. The Morgan fingerprint density at radius 3 is 2.61 bits per heavy atom. The molecule has 2 heterocycles. The molecule has 0 unspecified atom stereocenters. The first-order chi connectivity index (χ1) is 15.0. The number of nitrogens with zero attached hydrogens (tertiary/aromatic N) is 3. The number of aromatic nitrogens is 3. The Labute approximate surface area is 189 Å². The van der Waals surface area contributed by atoms with Crippen LogP contribution in [-0.2, 0) is 22.7 Å². The van der Waals surface area contributed by atoms with Gasteiger partial charge in [-0.15, -0.1) is 0 Å². The molecule has 1 aliphatic rings. The van der Waals surface area contributed by atoms with Crippen molar-refractivity contribution < 1.29 is 9.59 Å². The fraction of sp³-hybridized carbons (Fsp3) is 0.238. The van der Waals surface area contributed by atoms with Gasteiger partial charge in [-0.2, -0.15) is 5.10 Å². The summed E-state index contributed by atoms with van der Waals surface area (Å²) in [5.41, 5.74) is 2.76. The lowest BCUT2D eigenvalue weighted by Gasteiger charge is -2.28. The number of amides is 2. The standard InChI is InChI=1S/C21H21ClN6O2S/c22-16-5-3-15(4-6-16)20-25-26-21(31)28(20)13-19(30)24-11-14-1-7-17(8-2-14)27-10-9-23-18(29)12-27/h1-8H,9-13H2,(H,23,29)(H,24,30)(H,26,31). The summed E-state index contributed by atoms with van der Waals surface area (Å²) in [4.78, 5) is 26.1. The number of hydrogen-bond donors (Lipinski definition) is 3. The van der Waals surface area contributed by atoms with E-state index in [1.807, 2.05) is 41.3 Å². The molecule has 1 saturated heterocycles. The number of rotatable bonds is 6. The summed E-state index contributed by atoms with van der Waals surface area (Å²) in [6, 6.07) is 15.0. The minimum Gasteiger partial charge on any atom is -0.360 e. The van der Waals surface area contributed by atoms with Gasteiger partial charge in [0, 0.05) is 35.9 Å². The number of halogens is 1. The Balaban J connectivity index is 1.37. The fourth-order valence-electron chi connectivity index (χ4n) is 3.37. The second kappa shape index (κ2) is 9.32. The van der Waals surface area contributed by atoms with Gasteiger partial charge in [0.15, 0.2) is 10.6 Å². The molecule has 0 radical (unpaired) electrons. The summed E-state index contributed by atoms with van der Waals surface area (Å²) in [5, 5.41) is 13.3. The zero-order valence-electron chi connectivity index (χ0n) is 16.6. The van der Waals surface area contributed by atoms with Crippen molar-refractivity contribution in [1.82, 2.24) is 25.4 Å². The number of H-pyrrole nitrogens is 1. The highest BCUT2D eigenvalue weighted by Crippen LogP contribution is 2.20. The third-order valence-corrected chi connectivity index (χ3v) is 5.56. The van der Waals surface area contributed by atoms with Crippen LogP contribution >= 0.6 is 23.8 Å². The van der Waals surface area contributed by atoms with Crippen LogP contribution in [0.5, 0.6) is 0 Å². The first-order valence-electron chi connectivity index (χ1n) is 9.78. The average Bonchev–Trinajstić information content (AvgIpc) is 3.13. The SMILES string of the molecule is O=C1CN(c2ccc(CNC(=O)Cn3c(-c4ccc(Cl)cc4)n[nH]c3=S)cc2)CCN1. The largest absolute Gasteiger partial charge is 0.360 e. The lowest BCUT2D eigenvalue weighted by atomic mass is 10.2. The van der Waals surface area contributed by atoms with E-state index < -0.39 is 0 Å². The lowest BCUT2D eigenvalue weighted by molar-refractivity contribution is -0.122. The number of nitrogens with one attached hydrogen (secondary N) is 3. The van der Waals surface area contributed by atoms with E-state index >= 15 is 0 Å². The van der Waals surface area contributed by atoms with Crippen LogP contribution in [0.1, 0.15) is 5.56 Å². The smallest absolute Gasteiger partial charge is 0.240 e. The van der Waals surface area contributed by atoms with E-state index in [2.05, 4.69) is 20.8 Å². The van der Waals surface area contributed by atoms with Crippen LogP contribution in [0, 0.1) is 4.77 Å². The molecule has 1 fully saturated rings. The van der Waals surface area contributed by atoms with Gasteiger partial charge in [0.25, 0.3) is 0 Å². The number of carbonyl (C=O) groups excluding carboxylic acids is 2. The summed E-state index contributed by atoms with van der Waals surface area (Å²) < 4.78 is 2.02. The molecule has 160 valence electrons. The zero-order chi connectivity index (χ0) is 21.8. The van der Waals surface area contributed by atoms with Crippen LogP contribution in [0.15, 0.2) is 48.5 Å². The maximum atomic E-state index is 12.5. The van der Waals surface area contributed by atoms with E-state index in [1.165, 1.54) is 0 Å². The summed E-state index contributed by atoms with van der Waals surface area (Å²) in [5.74, 6) is 0.426. The number of benzene rings is 2. The van der Waals surface area contributed by atoms with Gasteiger partial charge >= 0.3 is 0 Å². The maximum absolute atomic E-state index is 12.5. The maximum Gasteiger partial charge on any atom is 0.240 e. The van der Waals surface area contributed by atoms with Gasteiger partial charge in [0.2, 0.25) is 11.8 Å². The molecule has 8 nitrogen and oxygen atoms in total. The third kappa shape index (κ3) is 5.12. The molecule has 3 N–H and O–H groups in total. The summed E-state index contributed by atoms with van der Waals surface area (Å²) in [7, 11) is 0. The molecule has 10 heteroatoms. The Kier molecular flexibility index (Phi) is 6.34. The molecule has 31 heavy (non-hydrogen) atoms. The van der Waals surface area contributed by atoms with Crippen molar-refractivity contribution in [2.24, 2.45) is 0 Å². The summed E-state index contributed by atoms with van der Waals surface area (Å²) >= 11 is 11.2. The van der Waals surface area contributed by atoms with Gasteiger partial charge in [-0.05, 0) is 54.2 Å². The Bertz CT molecular complexity index is 1140. The van der Waals surface area contributed by atoms with Crippen LogP contribution < -0.4 is 15.5 Å². The van der Waals surface area contributed by atoms with Crippen molar-refractivity contribution in [3.05, 3.63) is 63.9 Å². The van der Waals surface area contributed by atoms with Crippen molar-refractivity contribution in [2.75, 3.05) is 24.5 Å². The number of hydrogen-bond acceptors (Lipinski definition) is 5. The van der Waals surface area contributed by atoms with Gasteiger partial charge in [-0.25, -0.2) is 0 Å². The normalized spacial score (nSPS) is 13.7. The van der Waals surface area contributed by atoms with Gasteiger partial charge < -0.3 is 15.5 Å². The van der Waals surface area contributed by atoms with E-state index in [-0.39, 0.29) is 18.4 Å². The molecule has 0 saturated carbocycles. The molecule has 0 spiro atoms. The Hall–Kier alpha value is -3.17. The van der Waals surface area contributed by atoms with E-state index in [1.54, 1.807) is 16.7 Å². The first-order valence-corrected chi connectivity index (χ1v) is 10.6. The predicted octanol–water partition coefficient (Wildman–Crippen LogP) is 2.51. The molecule has 3 aromatic rings. The van der Waals surface area contributed by atoms with Gasteiger partial charge in [-0.3, -0.25) is 19.3 Å². The third-order valence-electron chi connectivity index (χ3n) is 4.99. The molecular weight excluding hydrogens is 436 g/mol. The Morgan fingerprint density at radius 2 is 1.90 bits per heavy atom. The van der Waals surface area contributed by atoms with Gasteiger partial charge in [0.05, 0.1) is 6.54 Å². The number of anilines is 1. The molecule has 2 aromatic carbocycles. The summed E-state index contributed by atoms with van der Waals surface area (Å²) in [6.07, 6.45) is 0. The molecule has 2 amide bonds. The minimum atomic E-state index is -0.176. The molecule has 0 atom stereocenters. The van der Waals surface area contributed by atoms with Crippen molar-refractivity contribution in [1.29, 1.82) is 0 Å². The van der Waals surface area contributed by atoms with Crippen LogP contribution in [0.25, 0.3) is 11.4 Å². The highest BCUT2D eigenvalue weighted by Gasteiger charge is 2.16. The lowest BCUT2D eigenvalue weighted by Crippen LogP contribution is -2.47. The highest BCUT2D eigenvalue weighted by atomic mass is 35.5. The van der Waals surface area contributed by atoms with Crippen molar-refractivity contribution in [3.63, 3.8) is 0 Å². The van der Waals surface area contributed by atoms with Crippen molar-refractivity contribution in [2.45, 2.75) is 13.1 Å². The van der Waals surface area contributed by atoms with Crippen LogP contribution in [0.2, 0.25) is 5.02 Å². The van der Waals surface area contributed by atoms with Crippen LogP contribution in [0.4, 0.5) is 5.69 Å². The topological polar surface area (TPSA) is 95.1 Å². The highest BCUT2D eigenvalue weighted by molar-refractivity contribution is 7.71. The molecule has 1 aromatic heterocycles. The monoisotopic (exact) mass is 456 g/mol. The van der Waals surface area contributed by atoms with Crippen molar-refractivity contribution >= 4 is 41.3 Å². The van der Waals surface area contributed by atoms with Gasteiger partial charge in [-0.1, -0.05) is 23.7 Å². The minimum absolute atomic E-state index is 0.0263. The van der Waals surface area contributed by atoms with E-state index in [0.717, 1.165) is 23.4 Å². The molecular formula is C21H21ClN6O2S. The Morgan fingerprint density at radius 1 is 1.16 bits per heavy atom. The van der Waals surface area contributed by atoms with E-state index in [4.69, 9.17) is 23.8 Å². The molecule has 0 aliphatic carbocycles. The first kappa shape index (κ1) is 21.1. The quantitative estimate of drug-likeness (QED) is 0.495. The van der Waals surface area contributed by atoms with Crippen LogP contribution in [-0.4, -0.2) is 46.2 Å². The average molecular weight is 457 g/mol. The second-order valence-electron chi connectivity index (χ2n) is 7.16. The molecule has 1 aliphatic heterocycles. The molecule has 4 rings (SSSR count). The second-order valence-corrected chi connectivity index (χ2v) is 7.98.